The Kier molecular flexibility index (Phi) is 3.57. The zero-order valence-corrected chi connectivity index (χ0v) is 8.36. The Labute approximate surface area is 90.6 Å². The topological polar surface area (TPSA) is 45.5 Å². The van der Waals surface area contributed by atoms with Gasteiger partial charge in [0.1, 0.15) is 0 Å². The van der Waals surface area contributed by atoms with Crippen LogP contribution in [0.4, 0.5) is 11.4 Å². The van der Waals surface area contributed by atoms with E-state index in [9.17, 15) is 4.79 Å². The van der Waals surface area contributed by atoms with Crippen molar-refractivity contribution in [3.63, 3.8) is 0 Å². The van der Waals surface area contributed by atoms with Crippen molar-refractivity contribution in [1.29, 1.82) is 0 Å². The molecule has 0 saturated carbocycles. The van der Waals surface area contributed by atoms with Crippen LogP contribution in [0.5, 0.6) is 0 Å². The van der Waals surface area contributed by atoms with Crippen LogP contribution in [0, 0.1) is 6.57 Å². The van der Waals surface area contributed by atoms with E-state index in [1.54, 1.807) is 0 Å². The van der Waals surface area contributed by atoms with Crippen molar-refractivity contribution in [2.45, 2.75) is 0 Å². The average molecular weight is 230 g/mol. The minimum atomic E-state index is 0.276. The van der Waals surface area contributed by atoms with Crippen molar-refractivity contribution in [3.05, 3.63) is 33.6 Å². The van der Waals surface area contributed by atoms with E-state index >= 15 is 0 Å². The Bertz CT molecular complexity index is 377. The highest BCUT2D eigenvalue weighted by molar-refractivity contribution is 6.39. The number of rotatable bonds is 3. The summed E-state index contributed by atoms with van der Waals surface area (Å²) >= 11 is 11.6. The minimum absolute atomic E-state index is 0.276. The summed E-state index contributed by atoms with van der Waals surface area (Å²) in [6.45, 7) is 6.76. The van der Waals surface area contributed by atoms with E-state index in [4.69, 9.17) is 29.8 Å². The van der Waals surface area contributed by atoms with Gasteiger partial charge in [0.05, 0.1) is 22.3 Å². The highest BCUT2D eigenvalue weighted by Crippen LogP contribution is 2.34. The molecule has 0 bridgehead atoms. The first-order chi connectivity index (χ1) is 6.69. The highest BCUT2D eigenvalue weighted by Gasteiger charge is 2.07. The fourth-order valence-corrected chi connectivity index (χ4v) is 1.42. The Morgan fingerprint density at radius 1 is 1.36 bits per heavy atom. The Morgan fingerprint density at radius 2 is 1.93 bits per heavy atom. The predicted molar refractivity (Wildman–Crippen MR) is 55.5 cm³/mol. The molecule has 0 aromatic heterocycles. The summed E-state index contributed by atoms with van der Waals surface area (Å²) in [6.07, 6.45) is 0.454. The molecule has 0 saturated heterocycles. The van der Waals surface area contributed by atoms with Gasteiger partial charge in [-0.25, -0.2) is 4.85 Å². The van der Waals surface area contributed by atoms with Crippen LogP contribution in [0.15, 0.2) is 12.1 Å². The van der Waals surface area contributed by atoms with E-state index in [1.807, 2.05) is 0 Å². The number of halogens is 2. The molecule has 72 valence electrons. The molecule has 0 radical (unpaired) electrons. The highest BCUT2D eigenvalue weighted by atomic mass is 35.5. The van der Waals surface area contributed by atoms with Crippen molar-refractivity contribution in [3.8, 4) is 0 Å². The Morgan fingerprint density at radius 3 is 2.36 bits per heavy atom. The van der Waals surface area contributed by atoms with Gasteiger partial charge in [-0.1, -0.05) is 23.2 Å². The largest absolute Gasteiger partial charge is 0.296 e. The molecular weight excluding hydrogens is 225 g/mol. The lowest BCUT2D eigenvalue weighted by atomic mass is 10.3. The number of anilines is 1. The number of carbonyl (C=O) groups excluding carboxylic acids is 1. The molecule has 0 unspecified atom stereocenters. The first-order valence-corrected chi connectivity index (χ1v) is 4.26. The Hall–Kier alpha value is -1.44. The summed E-state index contributed by atoms with van der Waals surface area (Å²) < 4.78 is 0. The molecule has 0 atom stereocenters. The number of nitrogens with zero attached hydrogens (tertiary/aromatic N) is 1. The second-order valence-corrected chi connectivity index (χ2v) is 3.10. The average Bonchev–Trinajstić information content (AvgIpc) is 2.16. The zero-order valence-electron chi connectivity index (χ0n) is 6.84. The number of amides is 1. The van der Waals surface area contributed by atoms with Crippen LogP contribution in [-0.2, 0) is 4.79 Å². The monoisotopic (exact) mass is 229 g/mol. The molecular formula is C8H5Cl2N3O. The van der Waals surface area contributed by atoms with Crippen LogP contribution in [-0.4, -0.2) is 6.41 Å². The Balaban J connectivity index is 3.06. The molecule has 0 heterocycles. The van der Waals surface area contributed by atoms with Gasteiger partial charge in [-0.3, -0.25) is 15.6 Å². The first kappa shape index (κ1) is 10.6. The molecule has 1 aromatic rings. The van der Waals surface area contributed by atoms with Crippen LogP contribution in [0.2, 0.25) is 10.0 Å². The van der Waals surface area contributed by atoms with Crippen LogP contribution in [0.1, 0.15) is 0 Å². The third kappa shape index (κ3) is 2.28. The maximum Gasteiger partial charge on any atom is 0.225 e. The lowest BCUT2D eigenvalue weighted by Gasteiger charge is -2.08. The molecule has 1 rings (SSSR count). The summed E-state index contributed by atoms with van der Waals surface area (Å²) in [4.78, 5) is 13.2. The fourth-order valence-electron chi connectivity index (χ4n) is 0.845. The van der Waals surface area contributed by atoms with E-state index in [0.29, 0.717) is 17.8 Å². The predicted octanol–water partition coefficient (Wildman–Crippen LogP) is 2.62. The zero-order chi connectivity index (χ0) is 10.6. The molecule has 6 heteroatoms. The van der Waals surface area contributed by atoms with Gasteiger partial charge in [0.2, 0.25) is 6.41 Å². The standard InChI is InChI=1S/C8H5Cl2N3O/c1-11-5-2-6(9)8(7(10)3-5)13-12-4-14/h2-4,13H,(H,12,14). The molecule has 1 amide bonds. The first-order valence-electron chi connectivity index (χ1n) is 3.50. The quantitative estimate of drug-likeness (QED) is 0.476. The number of benzene rings is 1. The van der Waals surface area contributed by atoms with Crippen molar-refractivity contribution < 1.29 is 4.79 Å². The maximum absolute atomic E-state index is 10.0. The smallest absolute Gasteiger partial charge is 0.225 e. The van der Waals surface area contributed by atoms with Gasteiger partial charge < -0.3 is 0 Å². The SMILES string of the molecule is [C-]#[N+]c1cc(Cl)c(NNC=O)c(Cl)c1. The minimum Gasteiger partial charge on any atom is -0.296 e. The van der Waals surface area contributed by atoms with Gasteiger partial charge in [0.25, 0.3) is 0 Å². The molecule has 14 heavy (non-hydrogen) atoms. The van der Waals surface area contributed by atoms with Gasteiger partial charge >= 0.3 is 0 Å². The van der Waals surface area contributed by atoms with Crippen LogP contribution >= 0.6 is 23.2 Å². The summed E-state index contributed by atoms with van der Waals surface area (Å²) in [5.74, 6) is 0. The molecule has 0 spiro atoms. The summed E-state index contributed by atoms with van der Waals surface area (Å²) in [6, 6.07) is 2.91. The lowest BCUT2D eigenvalue weighted by molar-refractivity contribution is -0.109. The number of hydrogen-bond acceptors (Lipinski definition) is 2. The van der Waals surface area contributed by atoms with Gasteiger partial charge in [0.15, 0.2) is 5.69 Å². The summed E-state index contributed by atoms with van der Waals surface area (Å²) in [7, 11) is 0. The molecule has 0 fully saturated rings. The van der Waals surface area contributed by atoms with Crippen molar-refractivity contribution in [1.82, 2.24) is 5.43 Å². The third-order valence-corrected chi connectivity index (χ3v) is 2.01. The van der Waals surface area contributed by atoms with E-state index in [-0.39, 0.29) is 10.0 Å². The van der Waals surface area contributed by atoms with Gasteiger partial charge in [0, 0.05) is 0 Å². The van der Waals surface area contributed by atoms with Gasteiger partial charge in [-0.2, -0.15) is 0 Å². The van der Waals surface area contributed by atoms with E-state index < -0.39 is 0 Å². The number of carbonyl (C=O) groups is 1. The number of hydrogen-bond donors (Lipinski definition) is 2. The van der Waals surface area contributed by atoms with Crippen LogP contribution in [0.25, 0.3) is 4.85 Å². The molecule has 1 aromatic carbocycles. The fraction of sp³-hybridized carbons (Fsp3) is 0. The molecule has 0 aliphatic rings. The second-order valence-electron chi connectivity index (χ2n) is 2.28. The van der Waals surface area contributed by atoms with Crippen molar-refractivity contribution in [2.24, 2.45) is 0 Å². The van der Waals surface area contributed by atoms with Crippen LogP contribution < -0.4 is 10.9 Å². The van der Waals surface area contributed by atoms with Gasteiger partial charge in [-0.05, 0) is 12.1 Å². The summed E-state index contributed by atoms with van der Waals surface area (Å²) in [5, 5.41) is 0.552. The molecule has 2 N–H and O–H groups in total. The third-order valence-electron chi connectivity index (χ3n) is 1.41. The van der Waals surface area contributed by atoms with Crippen molar-refractivity contribution in [2.75, 3.05) is 5.43 Å². The van der Waals surface area contributed by atoms with E-state index in [1.165, 1.54) is 12.1 Å². The molecule has 4 nitrogen and oxygen atoms in total. The number of nitrogens with one attached hydrogen (secondary N) is 2. The molecule has 0 aliphatic heterocycles. The molecule has 0 aliphatic carbocycles. The van der Waals surface area contributed by atoms with E-state index in [2.05, 4.69) is 15.7 Å². The normalized spacial score (nSPS) is 8.93. The van der Waals surface area contributed by atoms with Gasteiger partial charge in [-0.15, -0.1) is 0 Å². The lowest BCUT2D eigenvalue weighted by Crippen LogP contribution is -2.19. The number of hydrazine groups is 1. The second kappa shape index (κ2) is 4.70. The maximum atomic E-state index is 10.0. The van der Waals surface area contributed by atoms with E-state index in [0.717, 1.165) is 0 Å². The van der Waals surface area contributed by atoms with Crippen LogP contribution in [0.3, 0.4) is 0 Å². The summed E-state index contributed by atoms with van der Waals surface area (Å²) in [5.41, 5.74) is 5.42. The van der Waals surface area contributed by atoms with Crippen molar-refractivity contribution >= 4 is 41.0 Å².